The molecule has 0 radical (unpaired) electrons. The van der Waals surface area contributed by atoms with E-state index in [4.69, 9.17) is 9.47 Å². The summed E-state index contributed by atoms with van der Waals surface area (Å²) < 4.78 is 11.4. The summed E-state index contributed by atoms with van der Waals surface area (Å²) in [6.07, 6.45) is 6.97. The second-order valence-electron chi connectivity index (χ2n) is 7.80. The minimum atomic E-state index is -0.541. The summed E-state index contributed by atoms with van der Waals surface area (Å²) in [5.74, 6) is 0.736. The maximum Gasteiger partial charge on any atom is 0.135 e. The molecule has 2 saturated heterocycles. The molecule has 2 aliphatic rings. The number of Topliss-reactive ketones (excluding diaryl/α,β-unsaturated/α-hetero) is 1. The van der Waals surface area contributed by atoms with E-state index in [-0.39, 0.29) is 35.7 Å². The number of fused-ring (bicyclic) bond motifs is 2. The van der Waals surface area contributed by atoms with Crippen LogP contribution < -0.4 is 0 Å². The normalized spacial score (nSPS) is 29.3. The number of aliphatic hydroxyl groups excluding tert-OH is 1. The molecule has 0 amide bonds. The Bertz CT molecular complexity index is 627. The zero-order chi connectivity index (χ0) is 19.2. The van der Waals surface area contributed by atoms with E-state index >= 15 is 0 Å². The first-order chi connectivity index (χ1) is 13.1. The number of ether oxygens (including phenoxy) is 2. The van der Waals surface area contributed by atoms with Crippen molar-refractivity contribution in [1.82, 2.24) is 0 Å². The van der Waals surface area contributed by atoms with Crippen molar-refractivity contribution in [3.63, 3.8) is 0 Å². The Labute approximate surface area is 162 Å². The smallest absolute Gasteiger partial charge is 0.135 e. The molecular formula is C23H32O4. The van der Waals surface area contributed by atoms with Crippen LogP contribution in [0.4, 0.5) is 0 Å². The molecule has 1 aromatic rings. The molecule has 27 heavy (non-hydrogen) atoms. The molecule has 2 bridgehead atoms. The first-order valence-corrected chi connectivity index (χ1v) is 10.3. The van der Waals surface area contributed by atoms with E-state index in [0.717, 1.165) is 18.4 Å². The number of aliphatic hydroxyl groups is 1. The number of benzene rings is 1. The van der Waals surface area contributed by atoms with Crippen LogP contribution in [0.5, 0.6) is 0 Å². The van der Waals surface area contributed by atoms with E-state index in [1.54, 1.807) is 0 Å². The van der Waals surface area contributed by atoms with Crippen molar-refractivity contribution in [1.29, 1.82) is 0 Å². The number of carbonyl (C=O) groups is 1. The van der Waals surface area contributed by atoms with Crippen molar-refractivity contribution in [2.45, 2.75) is 63.8 Å². The van der Waals surface area contributed by atoms with Gasteiger partial charge in [0.1, 0.15) is 5.78 Å². The van der Waals surface area contributed by atoms with Crippen LogP contribution in [-0.4, -0.2) is 42.4 Å². The first-order valence-electron chi connectivity index (χ1n) is 10.3. The van der Waals surface area contributed by atoms with Crippen molar-refractivity contribution in [2.75, 3.05) is 13.2 Å². The third-order valence-electron chi connectivity index (χ3n) is 6.05. The molecule has 2 fully saturated rings. The van der Waals surface area contributed by atoms with Gasteiger partial charge >= 0.3 is 0 Å². The summed E-state index contributed by atoms with van der Waals surface area (Å²) >= 11 is 0. The van der Waals surface area contributed by atoms with Crippen LogP contribution >= 0.6 is 0 Å². The fourth-order valence-electron chi connectivity index (χ4n) is 4.40. The predicted molar refractivity (Wildman–Crippen MR) is 106 cm³/mol. The van der Waals surface area contributed by atoms with E-state index in [1.165, 1.54) is 0 Å². The highest BCUT2D eigenvalue weighted by Crippen LogP contribution is 2.46. The van der Waals surface area contributed by atoms with Crippen molar-refractivity contribution < 1.29 is 19.4 Å². The lowest BCUT2D eigenvalue weighted by Gasteiger charge is -2.26. The Balaban J connectivity index is 1.60. The minimum Gasteiger partial charge on any atom is -0.388 e. The number of rotatable bonds is 10. The van der Waals surface area contributed by atoms with Gasteiger partial charge in [0.2, 0.25) is 0 Å². The number of hydrogen-bond donors (Lipinski definition) is 1. The Hall–Kier alpha value is -1.49. The van der Waals surface area contributed by atoms with Crippen molar-refractivity contribution >= 4 is 5.78 Å². The molecular weight excluding hydrogens is 340 g/mol. The van der Waals surface area contributed by atoms with Crippen molar-refractivity contribution in [3.8, 4) is 0 Å². The van der Waals surface area contributed by atoms with Gasteiger partial charge in [0, 0.05) is 37.2 Å². The maximum absolute atomic E-state index is 12.3. The number of carbonyl (C=O) groups excluding carboxylic acids is 1. The SMILES string of the molecule is CCOCCC(=O)C[C@@H]1[C@H](C=CC(O)C(C)c2ccccc2)[C@@H]2CC[C@H]1O2. The Morgan fingerprint density at radius 3 is 2.78 bits per heavy atom. The summed E-state index contributed by atoms with van der Waals surface area (Å²) in [6, 6.07) is 10.1. The van der Waals surface area contributed by atoms with Crippen LogP contribution in [0.1, 0.15) is 51.0 Å². The summed E-state index contributed by atoms with van der Waals surface area (Å²) in [5, 5.41) is 10.6. The third kappa shape index (κ3) is 5.07. The Morgan fingerprint density at radius 2 is 2.04 bits per heavy atom. The molecule has 0 saturated carbocycles. The third-order valence-corrected chi connectivity index (χ3v) is 6.05. The average Bonchev–Trinajstić information content (AvgIpc) is 3.28. The van der Waals surface area contributed by atoms with Crippen molar-refractivity contribution in [3.05, 3.63) is 48.0 Å². The molecule has 2 unspecified atom stereocenters. The van der Waals surface area contributed by atoms with Crippen molar-refractivity contribution in [2.24, 2.45) is 11.8 Å². The van der Waals surface area contributed by atoms with Crippen LogP contribution in [-0.2, 0) is 14.3 Å². The molecule has 1 N–H and O–H groups in total. The molecule has 148 valence electrons. The lowest BCUT2D eigenvalue weighted by atomic mass is 9.76. The van der Waals surface area contributed by atoms with Crippen LogP contribution in [0, 0.1) is 11.8 Å². The van der Waals surface area contributed by atoms with E-state index in [0.29, 0.717) is 26.1 Å². The summed E-state index contributed by atoms with van der Waals surface area (Å²) in [5.41, 5.74) is 1.13. The van der Waals surface area contributed by atoms with Gasteiger partial charge in [0.25, 0.3) is 0 Å². The van der Waals surface area contributed by atoms with E-state index in [9.17, 15) is 9.90 Å². The van der Waals surface area contributed by atoms with Gasteiger partial charge in [0.05, 0.1) is 24.9 Å². The monoisotopic (exact) mass is 372 g/mol. The Morgan fingerprint density at radius 1 is 1.30 bits per heavy atom. The standard InChI is InChI=1S/C23H32O4/c1-3-26-14-13-18(24)15-20-19(22-11-12-23(20)27-22)9-10-21(25)16(2)17-7-5-4-6-8-17/h4-10,16,19-23,25H,3,11-15H2,1-2H3/t16?,19-,20+,21?,22-,23+/m0/s1. The topological polar surface area (TPSA) is 55.8 Å². The van der Waals surface area contributed by atoms with Gasteiger partial charge in [0.15, 0.2) is 0 Å². The second kappa shape index (κ2) is 9.63. The van der Waals surface area contributed by atoms with Gasteiger partial charge in [-0.1, -0.05) is 49.4 Å². The second-order valence-corrected chi connectivity index (χ2v) is 7.80. The summed E-state index contributed by atoms with van der Waals surface area (Å²) in [7, 11) is 0. The number of ketones is 1. The van der Waals surface area contributed by atoms with Crippen LogP contribution in [0.3, 0.4) is 0 Å². The molecule has 1 aromatic carbocycles. The van der Waals surface area contributed by atoms with Gasteiger partial charge in [-0.15, -0.1) is 0 Å². The largest absolute Gasteiger partial charge is 0.388 e. The first kappa shape index (κ1) is 20.2. The predicted octanol–water partition coefficient (Wildman–Crippen LogP) is 3.89. The highest BCUT2D eigenvalue weighted by molar-refractivity contribution is 5.79. The average molecular weight is 373 g/mol. The lowest BCUT2D eigenvalue weighted by molar-refractivity contribution is -0.121. The van der Waals surface area contributed by atoms with Gasteiger partial charge < -0.3 is 14.6 Å². The summed E-state index contributed by atoms with van der Waals surface area (Å²) in [6.45, 7) is 5.13. The molecule has 2 heterocycles. The van der Waals surface area contributed by atoms with Gasteiger partial charge in [-0.05, 0) is 25.3 Å². The highest BCUT2D eigenvalue weighted by atomic mass is 16.5. The minimum absolute atomic E-state index is 0.0354. The van der Waals surface area contributed by atoms with E-state index in [1.807, 2.05) is 50.3 Å². The maximum atomic E-state index is 12.3. The van der Waals surface area contributed by atoms with Gasteiger partial charge in [-0.3, -0.25) is 4.79 Å². The zero-order valence-corrected chi connectivity index (χ0v) is 16.4. The van der Waals surface area contributed by atoms with E-state index in [2.05, 4.69) is 6.08 Å². The molecule has 2 aliphatic heterocycles. The summed E-state index contributed by atoms with van der Waals surface area (Å²) in [4.78, 5) is 12.3. The Kier molecular flexibility index (Phi) is 7.22. The van der Waals surface area contributed by atoms with Crippen LogP contribution in [0.15, 0.2) is 42.5 Å². The van der Waals surface area contributed by atoms with Crippen LogP contribution in [0.25, 0.3) is 0 Å². The lowest BCUT2D eigenvalue weighted by Crippen LogP contribution is -2.28. The fourth-order valence-corrected chi connectivity index (χ4v) is 4.40. The zero-order valence-electron chi connectivity index (χ0n) is 16.4. The molecule has 0 spiro atoms. The number of hydrogen-bond acceptors (Lipinski definition) is 4. The van der Waals surface area contributed by atoms with Gasteiger partial charge in [-0.25, -0.2) is 0 Å². The molecule has 0 aliphatic carbocycles. The molecule has 0 aromatic heterocycles. The quantitative estimate of drug-likeness (QED) is 0.500. The highest BCUT2D eigenvalue weighted by Gasteiger charge is 2.48. The molecule has 4 nitrogen and oxygen atoms in total. The fraction of sp³-hybridized carbons (Fsp3) is 0.609. The molecule has 6 atom stereocenters. The van der Waals surface area contributed by atoms with Crippen LogP contribution in [0.2, 0.25) is 0 Å². The van der Waals surface area contributed by atoms with Gasteiger partial charge in [-0.2, -0.15) is 0 Å². The molecule has 3 rings (SSSR count). The molecule has 4 heteroatoms. The van der Waals surface area contributed by atoms with E-state index < -0.39 is 6.10 Å².